The van der Waals surface area contributed by atoms with Gasteiger partial charge in [-0.1, -0.05) is 29.8 Å². The van der Waals surface area contributed by atoms with E-state index >= 15 is 0 Å². The van der Waals surface area contributed by atoms with Gasteiger partial charge >= 0.3 is 0 Å². The van der Waals surface area contributed by atoms with Crippen LogP contribution in [0.15, 0.2) is 53.4 Å². The number of nitrogens with zero attached hydrogens (tertiary/aromatic N) is 2. The second-order valence-corrected chi connectivity index (χ2v) is 8.30. The lowest BCUT2D eigenvalue weighted by Crippen LogP contribution is -2.51. The first-order valence-corrected chi connectivity index (χ1v) is 10.5. The summed E-state index contributed by atoms with van der Waals surface area (Å²) in [6.07, 6.45) is -0.875. The van der Waals surface area contributed by atoms with Crippen molar-refractivity contribution in [3.8, 4) is 5.75 Å². The SMILES string of the molecule is CCN(CC)C(=O)[C@H]1CN(S(=O)(=O)c2ccc(C)cc2)c2ccccc2O1. The van der Waals surface area contributed by atoms with Crippen molar-refractivity contribution in [3.63, 3.8) is 0 Å². The summed E-state index contributed by atoms with van der Waals surface area (Å²) in [5.41, 5.74) is 1.42. The van der Waals surface area contributed by atoms with Gasteiger partial charge in [0.25, 0.3) is 15.9 Å². The molecule has 2 aromatic rings. The van der Waals surface area contributed by atoms with E-state index in [0.29, 0.717) is 24.5 Å². The van der Waals surface area contributed by atoms with Crippen molar-refractivity contribution in [3.05, 3.63) is 54.1 Å². The molecular weight excluding hydrogens is 364 g/mol. The number of anilines is 1. The number of para-hydroxylation sites is 2. The van der Waals surface area contributed by atoms with Crippen LogP contribution in [0, 0.1) is 6.92 Å². The molecule has 0 N–H and O–H groups in total. The van der Waals surface area contributed by atoms with E-state index < -0.39 is 16.1 Å². The van der Waals surface area contributed by atoms with Gasteiger partial charge in [0.2, 0.25) is 0 Å². The maximum atomic E-state index is 13.3. The molecule has 0 aliphatic carbocycles. The first-order valence-electron chi connectivity index (χ1n) is 9.02. The van der Waals surface area contributed by atoms with E-state index in [9.17, 15) is 13.2 Å². The minimum absolute atomic E-state index is 0.0530. The van der Waals surface area contributed by atoms with Crippen molar-refractivity contribution in [2.24, 2.45) is 0 Å². The fourth-order valence-electron chi connectivity index (χ4n) is 3.13. The third-order valence-electron chi connectivity index (χ3n) is 4.69. The fraction of sp³-hybridized carbons (Fsp3) is 0.350. The molecule has 0 bridgehead atoms. The van der Waals surface area contributed by atoms with Gasteiger partial charge in [0.1, 0.15) is 5.75 Å². The summed E-state index contributed by atoms with van der Waals surface area (Å²) < 4.78 is 33.7. The molecule has 6 nitrogen and oxygen atoms in total. The van der Waals surface area contributed by atoms with E-state index in [2.05, 4.69) is 0 Å². The lowest BCUT2D eigenvalue weighted by molar-refractivity contribution is -0.138. The molecule has 3 rings (SSSR count). The largest absolute Gasteiger partial charge is 0.476 e. The van der Waals surface area contributed by atoms with Crippen molar-refractivity contribution >= 4 is 21.6 Å². The maximum Gasteiger partial charge on any atom is 0.265 e. The molecule has 2 aromatic carbocycles. The number of benzene rings is 2. The highest BCUT2D eigenvalue weighted by Gasteiger charge is 2.38. The Morgan fingerprint density at radius 2 is 1.74 bits per heavy atom. The van der Waals surface area contributed by atoms with Crippen molar-refractivity contribution in [2.45, 2.75) is 31.8 Å². The molecule has 7 heteroatoms. The van der Waals surface area contributed by atoms with E-state index in [0.717, 1.165) is 5.56 Å². The van der Waals surface area contributed by atoms with Crippen molar-refractivity contribution < 1.29 is 17.9 Å². The zero-order chi connectivity index (χ0) is 19.6. The second kappa shape index (κ2) is 7.60. The number of hydrogen-bond donors (Lipinski definition) is 0. The highest BCUT2D eigenvalue weighted by molar-refractivity contribution is 7.92. The first-order chi connectivity index (χ1) is 12.9. The van der Waals surface area contributed by atoms with E-state index in [1.807, 2.05) is 20.8 Å². The molecule has 1 heterocycles. The Kier molecular flexibility index (Phi) is 5.41. The minimum atomic E-state index is -3.82. The predicted octanol–water partition coefficient (Wildman–Crippen LogP) is 2.82. The van der Waals surface area contributed by atoms with Crippen LogP contribution in [-0.4, -0.2) is 45.0 Å². The number of carbonyl (C=O) groups excluding carboxylic acids is 1. The predicted molar refractivity (Wildman–Crippen MR) is 104 cm³/mol. The molecule has 0 saturated carbocycles. The Bertz CT molecular complexity index is 921. The van der Waals surface area contributed by atoms with E-state index in [4.69, 9.17) is 4.74 Å². The lowest BCUT2D eigenvalue weighted by Gasteiger charge is -2.36. The Hall–Kier alpha value is -2.54. The summed E-state index contributed by atoms with van der Waals surface area (Å²) in [4.78, 5) is 14.6. The maximum absolute atomic E-state index is 13.3. The van der Waals surface area contributed by atoms with Crippen molar-refractivity contribution in [2.75, 3.05) is 23.9 Å². The summed E-state index contributed by atoms with van der Waals surface area (Å²) in [6, 6.07) is 13.6. The summed E-state index contributed by atoms with van der Waals surface area (Å²) in [5.74, 6) is 0.184. The number of carbonyl (C=O) groups is 1. The zero-order valence-corrected chi connectivity index (χ0v) is 16.6. The van der Waals surface area contributed by atoms with E-state index in [1.165, 1.54) is 4.31 Å². The molecule has 1 atom stereocenters. The highest BCUT2D eigenvalue weighted by atomic mass is 32.2. The van der Waals surface area contributed by atoms with Gasteiger partial charge in [0, 0.05) is 13.1 Å². The third-order valence-corrected chi connectivity index (χ3v) is 6.49. The average molecular weight is 388 g/mol. The molecule has 27 heavy (non-hydrogen) atoms. The molecule has 1 amide bonds. The number of likely N-dealkylation sites (N-methyl/N-ethyl adjacent to an activating group) is 1. The highest BCUT2D eigenvalue weighted by Crippen LogP contribution is 2.37. The number of ether oxygens (including phenoxy) is 1. The topological polar surface area (TPSA) is 66.9 Å². The summed E-state index contributed by atoms with van der Waals surface area (Å²) in [5, 5.41) is 0. The quantitative estimate of drug-likeness (QED) is 0.790. The monoisotopic (exact) mass is 388 g/mol. The van der Waals surface area contributed by atoms with Crippen LogP contribution in [0.25, 0.3) is 0 Å². The van der Waals surface area contributed by atoms with Crippen molar-refractivity contribution in [1.29, 1.82) is 0 Å². The lowest BCUT2D eigenvalue weighted by atomic mass is 10.2. The Labute approximate surface area is 160 Å². The van der Waals surface area contributed by atoms with Crippen LogP contribution in [0.4, 0.5) is 5.69 Å². The van der Waals surface area contributed by atoms with E-state index in [-0.39, 0.29) is 17.3 Å². The second-order valence-electron chi connectivity index (χ2n) is 6.43. The van der Waals surface area contributed by atoms with Crippen LogP contribution >= 0.6 is 0 Å². The van der Waals surface area contributed by atoms with Gasteiger partial charge in [-0.2, -0.15) is 0 Å². The van der Waals surface area contributed by atoms with Crippen LogP contribution in [0.1, 0.15) is 19.4 Å². The molecule has 0 unspecified atom stereocenters. The fourth-order valence-corrected chi connectivity index (χ4v) is 4.61. The smallest absolute Gasteiger partial charge is 0.265 e. The number of hydrogen-bond acceptors (Lipinski definition) is 4. The van der Waals surface area contributed by atoms with Gasteiger partial charge in [0.05, 0.1) is 17.1 Å². The minimum Gasteiger partial charge on any atom is -0.476 e. The molecule has 1 aliphatic rings. The third kappa shape index (κ3) is 3.64. The number of amides is 1. The summed E-state index contributed by atoms with van der Waals surface area (Å²) in [7, 11) is -3.82. The Morgan fingerprint density at radius 3 is 2.37 bits per heavy atom. The Morgan fingerprint density at radius 1 is 1.11 bits per heavy atom. The molecular formula is C20H24N2O4S. The average Bonchev–Trinajstić information content (AvgIpc) is 2.68. The number of rotatable bonds is 5. The van der Waals surface area contributed by atoms with Gasteiger partial charge < -0.3 is 9.64 Å². The molecule has 0 radical (unpaired) electrons. The van der Waals surface area contributed by atoms with Gasteiger partial charge in [-0.25, -0.2) is 8.42 Å². The van der Waals surface area contributed by atoms with Crippen molar-refractivity contribution in [1.82, 2.24) is 4.90 Å². The summed E-state index contributed by atoms with van der Waals surface area (Å²) >= 11 is 0. The molecule has 0 saturated heterocycles. The number of aryl methyl sites for hydroxylation is 1. The molecule has 0 fully saturated rings. The van der Waals surface area contributed by atoms with Crippen LogP contribution in [0.2, 0.25) is 0 Å². The van der Waals surface area contributed by atoms with Crippen LogP contribution in [-0.2, 0) is 14.8 Å². The van der Waals surface area contributed by atoms with Gasteiger partial charge in [0.15, 0.2) is 6.10 Å². The first kappa shape index (κ1) is 19.2. The number of fused-ring (bicyclic) bond motifs is 1. The normalized spacial score (nSPS) is 16.4. The number of sulfonamides is 1. The van der Waals surface area contributed by atoms with Crippen LogP contribution in [0.5, 0.6) is 5.75 Å². The Balaban J connectivity index is 2.03. The van der Waals surface area contributed by atoms with Gasteiger partial charge in [-0.3, -0.25) is 9.10 Å². The van der Waals surface area contributed by atoms with Gasteiger partial charge in [-0.05, 0) is 45.0 Å². The zero-order valence-electron chi connectivity index (χ0n) is 15.8. The van der Waals surface area contributed by atoms with Gasteiger partial charge in [-0.15, -0.1) is 0 Å². The van der Waals surface area contributed by atoms with Crippen LogP contribution < -0.4 is 9.04 Å². The molecule has 1 aliphatic heterocycles. The molecule has 144 valence electrons. The summed E-state index contributed by atoms with van der Waals surface area (Å²) in [6.45, 7) is 6.71. The van der Waals surface area contributed by atoms with E-state index in [1.54, 1.807) is 53.4 Å². The molecule has 0 aromatic heterocycles. The standard InChI is InChI=1S/C20H24N2O4S/c1-4-21(5-2)20(23)19-14-22(17-8-6-7-9-18(17)26-19)27(24,25)16-12-10-15(3)11-13-16/h6-13,19H,4-5,14H2,1-3H3/t19-/m1/s1. The molecule has 0 spiro atoms. The van der Waals surface area contributed by atoms with Crippen LogP contribution in [0.3, 0.4) is 0 Å².